The molecule has 0 aliphatic carbocycles. The van der Waals surface area contributed by atoms with E-state index in [1.54, 1.807) is 24.5 Å². The van der Waals surface area contributed by atoms with Crippen LogP contribution in [0.25, 0.3) is 0 Å². The Balaban J connectivity index is 1.86. The van der Waals surface area contributed by atoms with Crippen molar-refractivity contribution in [3.05, 3.63) is 53.6 Å². The summed E-state index contributed by atoms with van der Waals surface area (Å²) in [6.07, 6.45) is 3.65. The van der Waals surface area contributed by atoms with Gasteiger partial charge in [-0.3, -0.25) is 14.8 Å². The lowest BCUT2D eigenvalue weighted by molar-refractivity contribution is -0.120. The molecule has 0 aliphatic rings. The lowest BCUT2D eigenvalue weighted by Crippen LogP contribution is -2.25. The molecule has 0 unspecified atom stereocenters. The lowest BCUT2D eigenvalue weighted by atomic mass is 10.1. The first-order valence-corrected chi connectivity index (χ1v) is 6.02. The van der Waals surface area contributed by atoms with Gasteiger partial charge >= 0.3 is 0 Å². The van der Waals surface area contributed by atoms with Crippen LogP contribution in [0.3, 0.4) is 0 Å². The Bertz CT molecular complexity index is 566. The monoisotopic (exact) mass is 256 g/mol. The van der Waals surface area contributed by atoms with Crippen molar-refractivity contribution in [1.29, 1.82) is 0 Å². The molecule has 1 heterocycles. The highest BCUT2D eigenvalue weighted by atomic mass is 16.1. The number of rotatable bonds is 4. The molecule has 0 saturated heterocycles. The van der Waals surface area contributed by atoms with Crippen molar-refractivity contribution in [3.63, 3.8) is 0 Å². The number of nitrogen functional groups attached to an aromatic ring is 1. The molecule has 0 spiro atoms. The van der Waals surface area contributed by atoms with Gasteiger partial charge in [0.1, 0.15) is 0 Å². The highest BCUT2D eigenvalue weighted by Crippen LogP contribution is 2.07. The standard InChI is InChI=1S/C14H16N4O/c1-10-7-17-13(8-16-10)9-18-14(19)6-11-3-2-4-12(15)5-11/h2-5,7-8H,6,9,15H2,1H3,(H,18,19). The van der Waals surface area contributed by atoms with E-state index in [1.807, 2.05) is 19.1 Å². The van der Waals surface area contributed by atoms with Crippen molar-refractivity contribution in [2.24, 2.45) is 0 Å². The number of nitrogens with zero attached hydrogens (tertiary/aromatic N) is 2. The van der Waals surface area contributed by atoms with E-state index in [-0.39, 0.29) is 5.91 Å². The van der Waals surface area contributed by atoms with Crippen LogP contribution in [-0.2, 0) is 17.8 Å². The van der Waals surface area contributed by atoms with Gasteiger partial charge in [0, 0.05) is 11.9 Å². The van der Waals surface area contributed by atoms with E-state index in [0.717, 1.165) is 17.0 Å². The molecule has 0 bridgehead atoms. The summed E-state index contributed by atoms with van der Waals surface area (Å²) in [5.41, 5.74) is 8.82. The molecule has 5 nitrogen and oxygen atoms in total. The summed E-state index contributed by atoms with van der Waals surface area (Å²) in [4.78, 5) is 20.1. The molecule has 0 saturated carbocycles. The third kappa shape index (κ3) is 4.06. The van der Waals surface area contributed by atoms with Crippen LogP contribution in [-0.4, -0.2) is 15.9 Å². The van der Waals surface area contributed by atoms with Crippen LogP contribution < -0.4 is 11.1 Å². The fourth-order valence-electron chi connectivity index (χ4n) is 1.65. The average Bonchev–Trinajstić information content (AvgIpc) is 2.38. The summed E-state index contributed by atoms with van der Waals surface area (Å²) in [6.45, 7) is 2.25. The van der Waals surface area contributed by atoms with Gasteiger partial charge in [-0.25, -0.2) is 0 Å². The van der Waals surface area contributed by atoms with Crippen LogP contribution in [0.15, 0.2) is 36.7 Å². The SMILES string of the molecule is Cc1cnc(CNC(=O)Cc2cccc(N)c2)cn1. The Hall–Kier alpha value is -2.43. The second kappa shape index (κ2) is 5.95. The third-order valence-corrected chi connectivity index (χ3v) is 2.62. The minimum atomic E-state index is -0.0621. The van der Waals surface area contributed by atoms with E-state index in [2.05, 4.69) is 15.3 Å². The molecule has 5 heteroatoms. The fourth-order valence-corrected chi connectivity index (χ4v) is 1.65. The van der Waals surface area contributed by atoms with Crippen LogP contribution in [0.2, 0.25) is 0 Å². The van der Waals surface area contributed by atoms with Gasteiger partial charge in [0.15, 0.2) is 0 Å². The largest absolute Gasteiger partial charge is 0.399 e. The molecule has 1 amide bonds. The van der Waals surface area contributed by atoms with E-state index < -0.39 is 0 Å². The zero-order chi connectivity index (χ0) is 13.7. The molecule has 0 atom stereocenters. The second-order valence-electron chi connectivity index (χ2n) is 4.35. The Morgan fingerprint density at radius 3 is 2.84 bits per heavy atom. The predicted molar refractivity (Wildman–Crippen MR) is 73.2 cm³/mol. The van der Waals surface area contributed by atoms with E-state index in [0.29, 0.717) is 18.7 Å². The number of anilines is 1. The number of amides is 1. The Labute approximate surface area is 111 Å². The summed E-state index contributed by atoms with van der Waals surface area (Å²) in [7, 11) is 0. The molecule has 2 rings (SSSR count). The van der Waals surface area contributed by atoms with Crippen molar-refractivity contribution in [1.82, 2.24) is 15.3 Å². The third-order valence-electron chi connectivity index (χ3n) is 2.62. The Kier molecular flexibility index (Phi) is 4.07. The van der Waals surface area contributed by atoms with Gasteiger partial charge in [0.25, 0.3) is 0 Å². The number of aromatic nitrogens is 2. The van der Waals surface area contributed by atoms with Gasteiger partial charge < -0.3 is 11.1 Å². The van der Waals surface area contributed by atoms with Gasteiger partial charge in [-0.15, -0.1) is 0 Å². The van der Waals surface area contributed by atoms with Crippen molar-refractivity contribution < 1.29 is 4.79 Å². The normalized spacial score (nSPS) is 10.2. The number of carbonyl (C=O) groups is 1. The van der Waals surface area contributed by atoms with Gasteiger partial charge in [0.05, 0.1) is 30.6 Å². The minimum Gasteiger partial charge on any atom is -0.399 e. The predicted octanol–water partition coefficient (Wildman–Crippen LogP) is 1.23. The smallest absolute Gasteiger partial charge is 0.224 e. The van der Waals surface area contributed by atoms with E-state index in [1.165, 1.54) is 0 Å². The molecule has 19 heavy (non-hydrogen) atoms. The molecule has 0 radical (unpaired) electrons. The van der Waals surface area contributed by atoms with Crippen molar-refractivity contribution in [2.75, 3.05) is 5.73 Å². The Morgan fingerprint density at radius 2 is 2.16 bits per heavy atom. The molecule has 98 valence electrons. The Morgan fingerprint density at radius 1 is 1.32 bits per heavy atom. The summed E-state index contributed by atoms with van der Waals surface area (Å²) in [5, 5.41) is 2.80. The molecule has 3 N–H and O–H groups in total. The quantitative estimate of drug-likeness (QED) is 0.806. The molecule has 1 aromatic heterocycles. The van der Waals surface area contributed by atoms with E-state index >= 15 is 0 Å². The number of hydrogen-bond acceptors (Lipinski definition) is 4. The zero-order valence-corrected chi connectivity index (χ0v) is 10.8. The van der Waals surface area contributed by atoms with Gasteiger partial charge in [0.2, 0.25) is 5.91 Å². The topological polar surface area (TPSA) is 80.9 Å². The van der Waals surface area contributed by atoms with Gasteiger partial charge in [-0.2, -0.15) is 0 Å². The molecule has 0 fully saturated rings. The summed E-state index contributed by atoms with van der Waals surface area (Å²) >= 11 is 0. The summed E-state index contributed by atoms with van der Waals surface area (Å²) in [6, 6.07) is 7.31. The first-order chi connectivity index (χ1) is 9.13. The number of nitrogens with two attached hydrogens (primary N) is 1. The average molecular weight is 256 g/mol. The first kappa shape index (κ1) is 13.0. The van der Waals surface area contributed by atoms with Crippen molar-refractivity contribution >= 4 is 11.6 Å². The van der Waals surface area contributed by atoms with Crippen LogP contribution in [0.4, 0.5) is 5.69 Å². The molecule has 1 aromatic carbocycles. The number of nitrogens with one attached hydrogen (secondary N) is 1. The second-order valence-corrected chi connectivity index (χ2v) is 4.35. The van der Waals surface area contributed by atoms with Crippen molar-refractivity contribution in [2.45, 2.75) is 19.9 Å². The van der Waals surface area contributed by atoms with Crippen LogP contribution in [0, 0.1) is 6.92 Å². The van der Waals surface area contributed by atoms with Gasteiger partial charge in [-0.05, 0) is 24.6 Å². The summed E-state index contributed by atoms with van der Waals surface area (Å²) in [5.74, 6) is -0.0621. The molecule has 0 aliphatic heterocycles. The number of carbonyl (C=O) groups excluding carboxylic acids is 1. The number of benzene rings is 1. The molecular weight excluding hydrogens is 240 g/mol. The molecule has 2 aromatic rings. The maximum Gasteiger partial charge on any atom is 0.224 e. The maximum atomic E-state index is 11.8. The van der Waals surface area contributed by atoms with E-state index in [4.69, 9.17) is 5.73 Å². The zero-order valence-electron chi connectivity index (χ0n) is 10.8. The number of hydrogen-bond donors (Lipinski definition) is 2. The minimum absolute atomic E-state index is 0.0621. The highest BCUT2D eigenvalue weighted by Gasteiger charge is 2.04. The maximum absolute atomic E-state index is 11.8. The van der Waals surface area contributed by atoms with Crippen LogP contribution in [0.1, 0.15) is 17.0 Å². The first-order valence-electron chi connectivity index (χ1n) is 6.02. The number of aryl methyl sites for hydroxylation is 1. The van der Waals surface area contributed by atoms with E-state index in [9.17, 15) is 4.79 Å². The highest BCUT2D eigenvalue weighted by molar-refractivity contribution is 5.78. The lowest BCUT2D eigenvalue weighted by Gasteiger charge is -2.05. The van der Waals surface area contributed by atoms with Crippen LogP contribution >= 0.6 is 0 Å². The van der Waals surface area contributed by atoms with Crippen LogP contribution in [0.5, 0.6) is 0 Å². The molecular formula is C14H16N4O. The summed E-state index contributed by atoms with van der Waals surface area (Å²) < 4.78 is 0. The van der Waals surface area contributed by atoms with Gasteiger partial charge in [-0.1, -0.05) is 12.1 Å². The fraction of sp³-hybridized carbons (Fsp3) is 0.214. The van der Waals surface area contributed by atoms with Crippen molar-refractivity contribution in [3.8, 4) is 0 Å².